The highest BCUT2D eigenvalue weighted by molar-refractivity contribution is 7.99. The van der Waals surface area contributed by atoms with E-state index in [4.69, 9.17) is 14.7 Å². The third-order valence-corrected chi connectivity index (χ3v) is 5.71. The predicted molar refractivity (Wildman–Crippen MR) is 124 cm³/mol. The third-order valence-electron chi connectivity index (χ3n) is 4.74. The van der Waals surface area contributed by atoms with Gasteiger partial charge in [-0.1, -0.05) is 29.1 Å². The fraction of sp³-hybridized carbons (Fsp3) is 0.273. The van der Waals surface area contributed by atoms with E-state index in [9.17, 15) is 4.79 Å². The first kappa shape index (κ1) is 23.1. The Hall–Kier alpha value is -3.53. The number of oxime groups is 1. The molecule has 3 aromatic rings. The average Bonchev–Trinajstić information content (AvgIpc) is 3.25. The van der Waals surface area contributed by atoms with Crippen molar-refractivity contribution in [3.05, 3.63) is 48.0 Å². The zero-order valence-electron chi connectivity index (χ0n) is 18.3. The molecule has 0 radical (unpaired) electrons. The molecule has 2 N–H and O–H groups in total. The Labute approximate surface area is 190 Å². The molecule has 0 spiro atoms. The minimum absolute atomic E-state index is 0.159. The molecule has 3 rings (SSSR count). The van der Waals surface area contributed by atoms with Gasteiger partial charge in [0.2, 0.25) is 5.91 Å². The van der Waals surface area contributed by atoms with Crippen LogP contribution >= 0.6 is 11.8 Å². The van der Waals surface area contributed by atoms with Crippen LogP contribution in [0, 0.1) is 0 Å². The maximum absolute atomic E-state index is 12.4. The first-order chi connectivity index (χ1) is 15.5. The van der Waals surface area contributed by atoms with Gasteiger partial charge in [-0.2, -0.15) is 0 Å². The van der Waals surface area contributed by atoms with Crippen LogP contribution in [0.1, 0.15) is 19.4 Å². The van der Waals surface area contributed by atoms with Crippen molar-refractivity contribution in [3.8, 4) is 22.9 Å². The van der Waals surface area contributed by atoms with Crippen LogP contribution in [0.25, 0.3) is 11.4 Å². The first-order valence-corrected chi connectivity index (χ1v) is 10.9. The minimum Gasteiger partial charge on any atom is -0.493 e. The number of hydrogen-bond donors (Lipinski definition) is 2. The van der Waals surface area contributed by atoms with Crippen LogP contribution in [0.5, 0.6) is 11.5 Å². The molecule has 1 heterocycles. The molecule has 0 saturated heterocycles. The van der Waals surface area contributed by atoms with Crippen LogP contribution in [-0.2, 0) is 11.3 Å². The number of ether oxygens (including phenoxy) is 2. The summed E-state index contributed by atoms with van der Waals surface area (Å²) in [6, 6.07) is 12.6. The molecule has 0 saturated carbocycles. The topological polar surface area (TPSA) is 111 Å². The van der Waals surface area contributed by atoms with Crippen LogP contribution in [0.3, 0.4) is 0 Å². The minimum atomic E-state index is -0.159. The molecule has 0 aliphatic rings. The van der Waals surface area contributed by atoms with Crippen molar-refractivity contribution in [2.24, 2.45) is 5.16 Å². The monoisotopic (exact) mass is 455 g/mol. The highest BCUT2D eigenvalue weighted by atomic mass is 32.2. The summed E-state index contributed by atoms with van der Waals surface area (Å²) in [7, 11) is 3.17. The quantitative estimate of drug-likeness (QED) is 0.218. The lowest BCUT2D eigenvalue weighted by Crippen LogP contribution is -2.14. The molecule has 2 aromatic carbocycles. The molecule has 168 valence electrons. The second kappa shape index (κ2) is 10.7. The molecule has 0 aliphatic heterocycles. The Morgan fingerprint density at radius 1 is 1.12 bits per heavy atom. The van der Waals surface area contributed by atoms with E-state index in [1.165, 1.54) is 11.8 Å². The molecular weight excluding hydrogens is 430 g/mol. The number of nitrogens with zero attached hydrogens (tertiary/aromatic N) is 4. The van der Waals surface area contributed by atoms with Crippen LogP contribution in [0.15, 0.2) is 52.8 Å². The van der Waals surface area contributed by atoms with Gasteiger partial charge in [0.05, 0.1) is 25.7 Å². The van der Waals surface area contributed by atoms with Gasteiger partial charge in [0.15, 0.2) is 22.5 Å². The van der Waals surface area contributed by atoms with Crippen molar-refractivity contribution in [3.63, 3.8) is 0 Å². The molecule has 9 nitrogen and oxygen atoms in total. The Balaban J connectivity index is 1.68. The fourth-order valence-electron chi connectivity index (χ4n) is 3.05. The summed E-state index contributed by atoms with van der Waals surface area (Å²) < 4.78 is 12.6. The summed E-state index contributed by atoms with van der Waals surface area (Å²) in [5.74, 6) is 1.96. The maximum atomic E-state index is 12.4. The number of rotatable bonds is 9. The largest absolute Gasteiger partial charge is 0.493 e. The van der Waals surface area contributed by atoms with Crippen molar-refractivity contribution in [1.29, 1.82) is 0 Å². The van der Waals surface area contributed by atoms with E-state index in [0.717, 1.165) is 11.1 Å². The van der Waals surface area contributed by atoms with E-state index in [2.05, 4.69) is 20.7 Å². The van der Waals surface area contributed by atoms with E-state index in [1.54, 1.807) is 45.4 Å². The molecule has 1 aromatic heterocycles. The smallest absolute Gasteiger partial charge is 0.234 e. The molecule has 0 fully saturated rings. The molecule has 1 amide bonds. The van der Waals surface area contributed by atoms with Crippen molar-refractivity contribution in [2.75, 3.05) is 25.3 Å². The SMILES string of the molecule is CCn1c(SCC(=O)Nc2ccc(/C(C)=N/O)cc2)nnc1-c1ccc(OC)c(OC)c1. The van der Waals surface area contributed by atoms with Crippen LogP contribution < -0.4 is 14.8 Å². The second-order valence-corrected chi connectivity index (χ2v) is 7.66. The Morgan fingerprint density at radius 2 is 1.84 bits per heavy atom. The van der Waals surface area contributed by atoms with Crippen LogP contribution in [0.4, 0.5) is 5.69 Å². The second-order valence-electron chi connectivity index (χ2n) is 6.72. The maximum Gasteiger partial charge on any atom is 0.234 e. The molecule has 10 heteroatoms. The number of carbonyl (C=O) groups excluding carboxylic acids is 1. The molecule has 0 unspecified atom stereocenters. The van der Waals surface area contributed by atoms with Gasteiger partial charge in [0.25, 0.3) is 0 Å². The lowest BCUT2D eigenvalue weighted by Gasteiger charge is -2.11. The first-order valence-electron chi connectivity index (χ1n) is 9.88. The zero-order valence-corrected chi connectivity index (χ0v) is 19.1. The van der Waals surface area contributed by atoms with Crippen LogP contribution in [0.2, 0.25) is 0 Å². The summed E-state index contributed by atoms with van der Waals surface area (Å²) in [4.78, 5) is 12.4. The lowest BCUT2D eigenvalue weighted by atomic mass is 10.1. The van der Waals surface area contributed by atoms with E-state index < -0.39 is 0 Å². The Morgan fingerprint density at radius 3 is 2.47 bits per heavy atom. The van der Waals surface area contributed by atoms with Gasteiger partial charge in [-0.3, -0.25) is 4.79 Å². The van der Waals surface area contributed by atoms with E-state index >= 15 is 0 Å². The Kier molecular flexibility index (Phi) is 7.72. The van der Waals surface area contributed by atoms with Gasteiger partial charge < -0.3 is 24.6 Å². The van der Waals surface area contributed by atoms with Crippen molar-refractivity contribution >= 4 is 29.1 Å². The van der Waals surface area contributed by atoms with E-state index in [-0.39, 0.29) is 11.7 Å². The lowest BCUT2D eigenvalue weighted by molar-refractivity contribution is -0.113. The van der Waals surface area contributed by atoms with Gasteiger partial charge >= 0.3 is 0 Å². The van der Waals surface area contributed by atoms with E-state index in [0.29, 0.717) is 40.4 Å². The van der Waals surface area contributed by atoms with Gasteiger partial charge in [-0.15, -0.1) is 10.2 Å². The number of nitrogens with one attached hydrogen (secondary N) is 1. The highest BCUT2D eigenvalue weighted by Crippen LogP contribution is 2.32. The molecule has 0 bridgehead atoms. The van der Waals surface area contributed by atoms with Gasteiger partial charge in [0, 0.05) is 17.8 Å². The third kappa shape index (κ3) is 5.20. The number of aromatic nitrogens is 3. The number of methoxy groups -OCH3 is 2. The highest BCUT2D eigenvalue weighted by Gasteiger charge is 2.16. The molecular formula is C22H25N5O4S. The Bertz CT molecular complexity index is 1110. The molecule has 0 atom stereocenters. The summed E-state index contributed by atoms with van der Waals surface area (Å²) >= 11 is 1.31. The van der Waals surface area contributed by atoms with Gasteiger partial charge in [-0.25, -0.2) is 0 Å². The van der Waals surface area contributed by atoms with Gasteiger partial charge in [0.1, 0.15) is 0 Å². The number of carbonyl (C=O) groups is 1. The zero-order chi connectivity index (χ0) is 23.1. The number of benzene rings is 2. The van der Waals surface area contributed by atoms with Gasteiger partial charge in [-0.05, 0) is 49.7 Å². The standard InChI is InChI=1S/C22H25N5O4S/c1-5-27-21(16-8-11-18(30-3)19(12-16)31-4)24-25-22(27)32-13-20(28)23-17-9-6-15(7-10-17)14(2)26-29/h6-12,29H,5,13H2,1-4H3,(H,23,28)/b26-14+. The van der Waals surface area contributed by atoms with Crippen LogP contribution in [-0.4, -0.2) is 51.6 Å². The normalized spacial score (nSPS) is 11.3. The number of anilines is 1. The number of amides is 1. The fourth-order valence-corrected chi connectivity index (χ4v) is 3.85. The summed E-state index contributed by atoms with van der Waals surface area (Å²) in [6.45, 7) is 4.34. The van der Waals surface area contributed by atoms with E-state index in [1.807, 2.05) is 29.7 Å². The summed E-state index contributed by atoms with van der Waals surface area (Å²) in [5.41, 5.74) is 2.78. The van der Waals surface area contributed by atoms with Crippen molar-refractivity contribution in [2.45, 2.75) is 25.5 Å². The number of hydrogen-bond acceptors (Lipinski definition) is 8. The number of thioether (sulfide) groups is 1. The average molecular weight is 456 g/mol. The predicted octanol–water partition coefficient (Wildman–Crippen LogP) is 3.91. The summed E-state index contributed by atoms with van der Waals surface area (Å²) in [6.07, 6.45) is 0. The molecule has 0 aliphatic carbocycles. The summed E-state index contributed by atoms with van der Waals surface area (Å²) in [5, 5.41) is 24.1. The van der Waals surface area contributed by atoms with Crippen molar-refractivity contribution < 1.29 is 19.5 Å². The molecule has 32 heavy (non-hydrogen) atoms. The van der Waals surface area contributed by atoms with Crippen molar-refractivity contribution in [1.82, 2.24) is 14.8 Å².